The lowest BCUT2D eigenvalue weighted by molar-refractivity contribution is 0.102. The van der Waals surface area contributed by atoms with Gasteiger partial charge in [0.25, 0.3) is 5.91 Å². The van der Waals surface area contributed by atoms with Crippen molar-refractivity contribution in [1.29, 1.82) is 0 Å². The van der Waals surface area contributed by atoms with Crippen LogP contribution in [-0.2, 0) is 10.0 Å². The molecular weight excluding hydrogens is 467 g/mol. The molecule has 0 aromatic heterocycles. The van der Waals surface area contributed by atoms with Gasteiger partial charge in [0.2, 0.25) is 10.0 Å². The average Bonchev–Trinajstić information content (AvgIpc) is 2.54. The van der Waals surface area contributed by atoms with Crippen molar-refractivity contribution in [1.82, 2.24) is 4.72 Å². The number of benzene rings is 2. The van der Waals surface area contributed by atoms with Gasteiger partial charge in [0.05, 0.1) is 12.8 Å². The molecule has 0 bridgehead atoms. The summed E-state index contributed by atoms with van der Waals surface area (Å²) in [5, 5.41) is 2.79. The van der Waals surface area contributed by atoms with Crippen LogP contribution in [0.2, 0.25) is 0 Å². The maximum atomic E-state index is 12.7. The number of carbonyl (C=O) groups is 1. The van der Waals surface area contributed by atoms with Crippen molar-refractivity contribution in [2.75, 3.05) is 12.4 Å². The normalized spacial score (nSPS) is 11.9. The van der Waals surface area contributed by atoms with E-state index in [1.807, 2.05) is 18.2 Å². The molecule has 140 valence electrons. The number of anilines is 1. The third-order valence-corrected chi connectivity index (χ3v) is 6.00. The van der Waals surface area contributed by atoms with Crippen LogP contribution in [0, 0.1) is 3.57 Å². The van der Waals surface area contributed by atoms with E-state index in [1.54, 1.807) is 26.8 Å². The van der Waals surface area contributed by atoms with Crippen molar-refractivity contribution >= 4 is 44.2 Å². The number of halogens is 1. The van der Waals surface area contributed by atoms with Crippen LogP contribution in [0.4, 0.5) is 5.69 Å². The number of para-hydroxylation sites is 1. The third kappa shape index (κ3) is 5.18. The summed E-state index contributed by atoms with van der Waals surface area (Å²) in [6.45, 7) is 5.22. The zero-order chi connectivity index (χ0) is 19.5. The molecule has 0 spiro atoms. The number of nitrogens with one attached hydrogen (secondary N) is 2. The lowest BCUT2D eigenvalue weighted by atomic mass is 10.1. The largest absolute Gasteiger partial charge is 0.495 e. The van der Waals surface area contributed by atoms with Gasteiger partial charge in [0, 0.05) is 14.7 Å². The Hall–Kier alpha value is -1.65. The molecule has 2 aromatic rings. The fourth-order valence-electron chi connectivity index (χ4n) is 2.24. The molecule has 0 atom stereocenters. The molecular formula is C18H21IN2O4S. The summed E-state index contributed by atoms with van der Waals surface area (Å²) in [5.41, 5.74) is 0.216. The third-order valence-electron chi connectivity index (χ3n) is 3.28. The summed E-state index contributed by atoms with van der Waals surface area (Å²) >= 11 is 2.12. The van der Waals surface area contributed by atoms with Gasteiger partial charge in [-0.05, 0) is 73.7 Å². The number of amides is 1. The summed E-state index contributed by atoms with van der Waals surface area (Å²) in [6.07, 6.45) is 0. The number of carbonyl (C=O) groups excluding carboxylic acids is 1. The molecule has 8 heteroatoms. The first kappa shape index (κ1) is 20.7. The number of methoxy groups -OCH3 is 1. The van der Waals surface area contributed by atoms with Crippen molar-refractivity contribution in [2.45, 2.75) is 31.2 Å². The maximum absolute atomic E-state index is 12.7. The average molecular weight is 488 g/mol. The summed E-state index contributed by atoms with van der Waals surface area (Å²) < 4.78 is 34.0. The molecule has 0 unspecified atom stereocenters. The van der Waals surface area contributed by atoms with Gasteiger partial charge in [-0.3, -0.25) is 4.79 Å². The summed E-state index contributed by atoms with van der Waals surface area (Å²) in [7, 11) is -2.47. The Bertz CT molecular complexity index is 921. The van der Waals surface area contributed by atoms with Crippen LogP contribution < -0.4 is 14.8 Å². The Morgan fingerprint density at radius 1 is 1.12 bits per heavy atom. The van der Waals surface area contributed by atoms with Crippen molar-refractivity contribution in [3.8, 4) is 5.75 Å². The second-order valence-electron chi connectivity index (χ2n) is 6.66. The number of hydrogen-bond acceptors (Lipinski definition) is 4. The van der Waals surface area contributed by atoms with E-state index >= 15 is 0 Å². The topological polar surface area (TPSA) is 84.5 Å². The molecule has 0 saturated heterocycles. The van der Waals surface area contributed by atoms with Gasteiger partial charge >= 0.3 is 0 Å². The molecule has 0 fully saturated rings. The lowest BCUT2D eigenvalue weighted by Gasteiger charge is -2.21. The zero-order valence-electron chi connectivity index (χ0n) is 15.0. The quantitative estimate of drug-likeness (QED) is 0.630. The molecule has 0 saturated carbocycles. The molecule has 0 heterocycles. The molecule has 6 nitrogen and oxygen atoms in total. The molecule has 0 aliphatic rings. The van der Waals surface area contributed by atoms with E-state index < -0.39 is 21.5 Å². The van der Waals surface area contributed by atoms with Crippen LogP contribution >= 0.6 is 22.6 Å². The van der Waals surface area contributed by atoms with E-state index in [9.17, 15) is 13.2 Å². The van der Waals surface area contributed by atoms with Gasteiger partial charge in [-0.2, -0.15) is 0 Å². The lowest BCUT2D eigenvalue weighted by Crippen LogP contribution is -2.40. The van der Waals surface area contributed by atoms with E-state index in [0.29, 0.717) is 5.69 Å². The minimum absolute atomic E-state index is 0.0784. The maximum Gasteiger partial charge on any atom is 0.255 e. The SMILES string of the molecule is COc1ccc(C(=O)Nc2ccccc2I)cc1S(=O)(=O)NC(C)(C)C. The van der Waals surface area contributed by atoms with Gasteiger partial charge in [-0.25, -0.2) is 13.1 Å². The highest BCUT2D eigenvalue weighted by Crippen LogP contribution is 2.27. The Labute approximate surface area is 167 Å². The van der Waals surface area contributed by atoms with E-state index in [4.69, 9.17) is 4.74 Å². The second-order valence-corrected chi connectivity index (χ2v) is 9.47. The Balaban J connectivity index is 2.40. The van der Waals surface area contributed by atoms with Crippen LogP contribution in [0.3, 0.4) is 0 Å². The van der Waals surface area contributed by atoms with Crippen molar-refractivity contribution in [3.63, 3.8) is 0 Å². The molecule has 0 aliphatic heterocycles. The molecule has 2 N–H and O–H groups in total. The molecule has 0 aliphatic carbocycles. The van der Waals surface area contributed by atoms with Crippen LogP contribution in [0.15, 0.2) is 47.4 Å². The van der Waals surface area contributed by atoms with Crippen LogP contribution in [0.5, 0.6) is 5.75 Å². The molecule has 1 amide bonds. The fourth-order valence-corrected chi connectivity index (χ4v) is 4.38. The van der Waals surface area contributed by atoms with Gasteiger partial charge in [0.1, 0.15) is 10.6 Å². The van der Waals surface area contributed by atoms with Gasteiger partial charge in [-0.15, -0.1) is 0 Å². The summed E-state index contributed by atoms with van der Waals surface area (Å²) in [4.78, 5) is 12.5. The minimum Gasteiger partial charge on any atom is -0.495 e. The predicted octanol–water partition coefficient (Wildman–Crippen LogP) is 3.63. The highest BCUT2D eigenvalue weighted by molar-refractivity contribution is 14.1. The van der Waals surface area contributed by atoms with Crippen LogP contribution in [0.1, 0.15) is 31.1 Å². The number of rotatable bonds is 5. The monoisotopic (exact) mass is 488 g/mol. The summed E-state index contributed by atoms with van der Waals surface area (Å²) in [5.74, 6) is -0.225. The number of ether oxygens (including phenoxy) is 1. The smallest absolute Gasteiger partial charge is 0.255 e. The number of hydrogen-bond donors (Lipinski definition) is 2. The standard InChI is InChI=1S/C18H21IN2O4S/c1-18(2,3)21-26(23,24)16-11-12(9-10-15(16)25-4)17(22)20-14-8-6-5-7-13(14)19/h5-11,21H,1-4H3,(H,20,22). The summed E-state index contributed by atoms with van der Waals surface area (Å²) in [6, 6.07) is 11.7. The van der Waals surface area contributed by atoms with E-state index in [2.05, 4.69) is 32.6 Å². The first-order valence-corrected chi connectivity index (χ1v) is 10.4. The highest BCUT2D eigenvalue weighted by atomic mass is 127. The Morgan fingerprint density at radius 2 is 1.77 bits per heavy atom. The molecule has 2 aromatic carbocycles. The molecule has 26 heavy (non-hydrogen) atoms. The van der Waals surface area contributed by atoms with E-state index in [-0.39, 0.29) is 16.2 Å². The first-order chi connectivity index (χ1) is 12.0. The predicted molar refractivity (Wildman–Crippen MR) is 110 cm³/mol. The van der Waals surface area contributed by atoms with E-state index in [0.717, 1.165) is 3.57 Å². The first-order valence-electron chi connectivity index (χ1n) is 7.81. The van der Waals surface area contributed by atoms with Crippen LogP contribution in [-0.4, -0.2) is 27.0 Å². The fraction of sp³-hybridized carbons (Fsp3) is 0.278. The van der Waals surface area contributed by atoms with Crippen molar-refractivity contribution in [3.05, 3.63) is 51.6 Å². The highest BCUT2D eigenvalue weighted by Gasteiger charge is 2.26. The Morgan fingerprint density at radius 3 is 2.35 bits per heavy atom. The molecule has 2 rings (SSSR count). The zero-order valence-corrected chi connectivity index (χ0v) is 17.9. The Kier molecular flexibility index (Phi) is 6.30. The number of sulfonamides is 1. The van der Waals surface area contributed by atoms with E-state index in [1.165, 1.54) is 25.3 Å². The van der Waals surface area contributed by atoms with Crippen molar-refractivity contribution in [2.24, 2.45) is 0 Å². The van der Waals surface area contributed by atoms with Crippen LogP contribution in [0.25, 0.3) is 0 Å². The van der Waals surface area contributed by atoms with Crippen molar-refractivity contribution < 1.29 is 17.9 Å². The minimum atomic E-state index is -3.85. The second kappa shape index (κ2) is 7.93. The van der Waals surface area contributed by atoms with Gasteiger partial charge in [0.15, 0.2) is 0 Å². The molecule has 0 radical (unpaired) electrons. The van der Waals surface area contributed by atoms with Gasteiger partial charge < -0.3 is 10.1 Å². The van der Waals surface area contributed by atoms with Gasteiger partial charge in [-0.1, -0.05) is 12.1 Å².